The van der Waals surface area contributed by atoms with Gasteiger partial charge in [0, 0.05) is 11.4 Å². The van der Waals surface area contributed by atoms with Crippen LogP contribution in [0.4, 0.5) is 5.69 Å². The summed E-state index contributed by atoms with van der Waals surface area (Å²) in [5.41, 5.74) is 2.14. The molecule has 0 atom stereocenters. The van der Waals surface area contributed by atoms with Crippen LogP contribution in [0.3, 0.4) is 0 Å². The predicted molar refractivity (Wildman–Crippen MR) is 105 cm³/mol. The van der Waals surface area contributed by atoms with Crippen molar-refractivity contribution < 1.29 is 4.79 Å². The molecule has 1 aromatic carbocycles. The SMILES string of the molecule is CCCCSc1nnc(SCC(=O)Nc2ccc(CCC)cc2)s1. The summed E-state index contributed by atoms with van der Waals surface area (Å²) in [5, 5.41) is 11.2. The van der Waals surface area contributed by atoms with Crippen molar-refractivity contribution >= 4 is 46.5 Å². The van der Waals surface area contributed by atoms with Crippen molar-refractivity contribution in [3.8, 4) is 0 Å². The van der Waals surface area contributed by atoms with Crippen LogP contribution in [0.15, 0.2) is 32.9 Å². The van der Waals surface area contributed by atoms with Gasteiger partial charge >= 0.3 is 0 Å². The first-order valence-corrected chi connectivity index (χ1v) is 11.0. The van der Waals surface area contributed by atoms with Crippen LogP contribution >= 0.6 is 34.9 Å². The Bertz CT molecular complexity index is 628. The van der Waals surface area contributed by atoms with Gasteiger partial charge < -0.3 is 5.32 Å². The third-order valence-electron chi connectivity index (χ3n) is 3.21. The monoisotopic (exact) mass is 381 g/mol. The molecule has 4 nitrogen and oxygen atoms in total. The molecule has 0 unspecified atom stereocenters. The lowest BCUT2D eigenvalue weighted by Gasteiger charge is -2.05. The summed E-state index contributed by atoms with van der Waals surface area (Å²) in [6, 6.07) is 8.05. The van der Waals surface area contributed by atoms with Crippen LogP contribution in [0, 0.1) is 0 Å². The molecule has 7 heteroatoms. The molecule has 0 saturated carbocycles. The van der Waals surface area contributed by atoms with Gasteiger partial charge in [-0.25, -0.2) is 0 Å². The molecule has 0 bridgehead atoms. The highest BCUT2D eigenvalue weighted by molar-refractivity contribution is 8.03. The minimum Gasteiger partial charge on any atom is -0.325 e. The number of aromatic nitrogens is 2. The third-order valence-corrected chi connectivity index (χ3v) is 6.49. The number of aryl methyl sites for hydroxylation is 1. The highest BCUT2D eigenvalue weighted by atomic mass is 32.2. The minimum atomic E-state index is -0.0152. The van der Waals surface area contributed by atoms with E-state index in [1.807, 2.05) is 12.1 Å². The van der Waals surface area contributed by atoms with E-state index in [0.717, 1.165) is 33.0 Å². The van der Waals surface area contributed by atoms with Gasteiger partial charge in [0.1, 0.15) is 0 Å². The van der Waals surface area contributed by atoms with E-state index in [9.17, 15) is 4.79 Å². The second kappa shape index (κ2) is 10.7. The van der Waals surface area contributed by atoms with Gasteiger partial charge in [-0.3, -0.25) is 4.79 Å². The van der Waals surface area contributed by atoms with Crippen LogP contribution in [-0.2, 0) is 11.2 Å². The number of thioether (sulfide) groups is 2. The van der Waals surface area contributed by atoms with E-state index in [2.05, 4.69) is 41.5 Å². The van der Waals surface area contributed by atoms with E-state index in [1.54, 1.807) is 23.1 Å². The smallest absolute Gasteiger partial charge is 0.234 e. The predicted octanol–water partition coefficient (Wildman–Crippen LogP) is 5.11. The van der Waals surface area contributed by atoms with Gasteiger partial charge in [-0.2, -0.15) is 0 Å². The van der Waals surface area contributed by atoms with Crippen LogP contribution in [0.1, 0.15) is 38.7 Å². The molecule has 0 aliphatic rings. The first kappa shape index (κ1) is 19.3. The molecule has 0 radical (unpaired) electrons. The van der Waals surface area contributed by atoms with Gasteiger partial charge in [0.25, 0.3) is 0 Å². The lowest BCUT2D eigenvalue weighted by atomic mass is 10.1. The topological polar surface area (TPSA) is 54.9 Å². The van der Waals surface area contributed by atoms with E-state index in [1.165, 1.54) is 30.2 Å². The van der Waals surface area contributed by atoms with E-state index >= 15 is 0 Å². The van der Waals surface area contributed by atoms with Gasteiger partial charge in [-0.1, -0.05) is 73.7 Å². The van der Waals surface area contributed by atoms with Gasteiger partial charge in [0.05, 0.1) is 5.75 Å². The van der Waals surface area contributed by atoms with Crippen molar-refractivity contribution in [3.63, 3.8) is 0 Å². The van der Waals surface area contributed by atoms with Crippen LogP contribution in [0.5, 0.6) is 0 Å². The van der Waals surface area contributed by atoms with Gasteiger partial charge in [0.2, 0.25) is 5.91 Å². The van der Waals surface area contributed by atoms with E-state index < -0.39 is 0 Å². The number of carbonyl (C=O) groups is 1. The highest BCUT2D eigenvalue weighted by Crippen LogP contribution is 2.29. The molecule has 1 heterocycles. The summed E-state index contributed by atoms with van der Waals surface area (Å²) < 4.78 is 1.83. The number of anilines is 1. The Kier molecular flexibility index (Phi) is 8.63. The zero-order chi connectivity index (χ0) is 17.2. The van der Waals surface area contributed by atoms with E-state index in [4.69, 9.17) is 0 Å². The van der Waals surface area contributed by atoms with Gasteiger partial charge in [-0.15, -0.1) is 10.2 Å². The molecule has 24 heavy (non-hydrogen) atoms. The molecule has 1 amide bonds. The number of benzene rings is 1. The Morgan fingerprint density at radius 2 is 1.79 bits per heavy atom. The number of amides is 1. The van der Waals surface area contributed by atoms with Crippen molar-refractivity contribution in [2.45, 2.75) is 48.2 Å². The van der Waals surface area contributed by atoms with Crippen molar-refractivity contribution in [1.29, 1.82) is 0 Å². The molecule has 2 aromatic rings. The van der Waals surface area contributed by atoms with Crippen molar-refractivity contribution in [2.24, 2.45) is 0 Å². The molecule has 2 rings (SSSR count). The fourth-order valence-electron chi connectivity index (χ4n) is 1.99. The zero-order valence-corrected chi connectivity index (χ0v) is 16.5. The molecule has 0 spiro atoms. The summed E-state index contributed by atoms with van der Waals surface area (Å²) in [6.07, 6.45) is 4.57. The largest absolute Gasteiger partial charge is 0.325 e. The minimum absolute atomic E-state index is 0.0152. The Morgan fingerprint density at radius 3 is 2.46 bits per heavy atom. The number of hydrogen-bond acceptors (Lipinski definition) is 6. The molecule has 0 aliphatic heterocycles. The fraction of sp³-hybridized carbons (Fsp3) is 0.471. The quantitative estimate of drug-likeness (QED) is 0.457. The van der Waals surface area contributed by atoms with Crippen molar-refractivity contribution in [2.75, 3.05) is 16.8 Å². The van der Waals surface area contributed by atoms with Gasteiger partial charge in [-0.05, 0) is 30.5 Å². The van der Waals surface area contributed by atoms with E-state index in [-0.39, 0.29) is 5.91 Å². The molecular formula is C17H23N3OS3. The van der Waals surface area contributed by atoms with Crippen LogP contribution in [0.25, 0.3) is 0 Å². The standard InChI is InChI=1S/C17H23N3OS3/c1-3-5-11-22-16-19-20-17(24-16)23-12-15(21)18-14-9-7-13(6-4-2)8-10-14/h7-10H,3-6,11-12H2,1-2H3,(H,18,21). The molecule has 130 valence electrons. The van der Waals surface area contributed by atoms with Crippen LogP contribution < -0.4 is 5.32 Å². The Labute approximate surface area is 156 Å². The Hall–Kier alpha value is -1.05. The molecular weight excluding hydrogens is 358 g/mol. The second-order valence-corrected chi connectivity index (χ2v) is 8.86. The summed E-state index contributed by atoms with van der Waals surface area (Å²) in [6.45, 7) is 4.34. The normalized spacial score (nSPS) is 10.8. The molecule has 1 N–H and O–H groups in total. The first-order valence-electron chi connectivity index (χ1n) is 8.19. The lowest BCUT2D eigenvalue weighted by Crippen LogP contribution is -2.13. The number of rotatable bonds is 10. The Balaban J connectivity index is 1.74. The molecule has 0 fully saturated rings. The summed E-state index contributed by atoms with van der Waals surface area (Å²) >= 11 is 4.74. The maximum Gasteiger partial charge on any atom is 0.234 e. The maximum atomic E-state index is 12.0. The van der Waals surface area contributed by atoms with Crippen LogP contribution in [-0.4, -0.2) is 27.6 Å². The van der Waals surface area contributed by atoms with E-state index in [0.29, 0.717) is 5.75 Å². The maximum absolute atomic E-state index is 12.0. The third kappa shape index (κ3) is 6.83. The number of carbonyl (C=O) groups excluding carboxylic acids is 1. The van der Waals surface area contributed by atoms with Crippen molar-refractivity contribution in [1.82, 2.24) is 10.2 Å². The summed E-state index contributed by atoms with van der Waals surface area (Å²) in [4.78, 5) is 12.0. The average molecular weight is 382 g/mol. The second-order valence-electron chi connectivity index (χ2n) is 5.32. The molecule has 1 aromatic heterocycles. The first-order chi connectivity index (χ1) is 11.7. The average Bonchev–Trinajstić information content (AvgIpc) is 3.03. The summed E-state index contributed by atoms with van der Waals surface area (Å²) in [7, 11) is 0. The molecule has 0 saturated heterocycles. The molecule has 0 aliphatic carbocycles. The summed E-state index contributed by atoms with van der Waals surface area (Å²) in [5.74, 6) is 1.41. The zero-order valence-electron chi connectivity index (χ0n) is 14.1. The fourth-order valence-corrected chi connectivity index (χ4v) is 4.96. The number of hydrogen-bond donors (Lipinski definition) is 1. The number of nitrogens with zero attached hydrogens (tertiary/aromatic N) is 2. The van der Waals surface area contributed by atoms with Crippen molar-refractivity contribution in [3.05, 3.63) is 29.8 Å². The number of nitrogens with one attached hydrogen (secondary N) is 1. The lowest BCUT2D eigenvalue weighted by molar-refractivity contribution is -0.113. The number of unbranched alkanes of at least 4 members (excludes halogenated alkanes) is 1. The van der Waals surface area contributed by atoms with Crippen LogP contribution in [0.2, 0.25) is 0 Å². The highest BCUT2D eigenvalue weighted by Gasteiger charge is 2.09. The Morgan fingerprint density at radius 1 is 1.08 bits per heavy atom. The van der Waals surface area contributed by atoms with Gasteiger partial charge in [0.15, 0.2) is 8.68 Å².